The first-order chi connectivity index (χ1) is 7.75. The van der Waals surface area contributed by atoms with E-state index in [9.17, 15) is 0 Å². The fraction of sp³-hybridized carbons (Fsp3) is 0.111. The third-order valence-electron chi connectivity index (χ3n) is 2.25. The van der Waals surface area contributed by atoms with Gasteiger partial charge in [-0.2, -0.15) is 5.10 Å². The number of nitrogens with zero attached hydrogens (tertiary/aromatic N) is 6. The van der Waals surface area contributed by atoms with E-state index in [4.69, 9.17) is 5.73 Å². The number of fused-ring (bicyclic) bond motifs is 1. The molecule has 0 saturated carbocycles. The van der Waals surface area contributed by atoms with Crippen LogP contribution in [0.15, 0.2) is 24.7 Å². The second kappa shape index (κ2) is 3.02. The molecule has 3 rings (SSSR count). The number of aryl methyl sites for hydroxylation is 1. The van der Waals surface area contributed by atoms with Crippen molar-refractivity contribution in [3.63, 3.8) is 0 Å². The van der Waals surface area contributed by atoms with Crippen molar-refractivity contribution in [2.75, 3.05) is 5.73 Å². The zero-order valence-corrected chi connectivity index (χ0v) is 8.57. The van der Waals surface area contributed by atoms with E-state index in [0.717, 1.165) is 5.56 Å². The van der Waals surface area contributed by atoms with Crippen LogP contribution in [0.5, 0.6) is 0 Å². The summed E-state index contributed by atoms with van der Waals surface area (Å²) in [6, 6.07) is 1.74. The zero-order valence-electron chi connectivity index (χ0n) is 8.57. The summed E-state index contributed by atoms with van der Waals surface area (Å²) in [5, 5.41) is 12.2. The van der Waals surface area contributed by atoms with E-state index in [2.05, 4.69) is 20.3 Å². The number of hydrogen-bond donors (Lipinski definition) is 1. The van der Waals surface area contributed by atoms with Gasteiger partial charge in [-0.05, 0) is 12.5 Å². The van der Waals surface area contributed by atoms with Gasteiger partial charge in [0.05, 0.1) is 6.20 Å². The fourth-order valence-electron chi connectivity index (χ4n) is 1.52. The molecule has 3 aromatic heterocycles. The number of rotatable bonds is 1. The molecule has 0 aromatic carbocycles. The molecule has 0 atom stereocenters. The maximum Gasteiger partial charge on any atom is 0.259 e. The molecule has 0 fully saturated rings. The van der Waals surface area contributed by atoms with Crippen LogP contribution in [0.3, 0.4) is 0 Å². The van der Waals surface area contributed by atoms with Crippen molar-refractivity contribution >= 4 is 11.6 Å². The van der Waals surface area contributed by atoms with Crippen LogP contribution >= 0.6 is 0 Å². The average molecular weight is 215 g/mol. The number of hydrogen-bond acceptors (Lipinski definition) is 5. The van der Waals surface area contributed by atoms with Crippen molar-refractivity contribution in [1.29, 1.82) is 0 Å². The van der Waals surface area contributed by atoms with Gasteiger partial charge in [-0.1, -0.05) is 0 Å². The quantitative estimate of drug-likeness (QED) is 0.626. The Kier molecular flexibility index (Phi) is 1.67. The van der Waals surface area contributed by atoms with Gasteiger partial charge in [0.25, 0.3) is 5.95 Å². The Bertz CT molecular complexity index is 651. The second-order valence-electron chi connectivity index (χ2n) is 3.46. The molecule has 3 heterocycles. The van der Waals surface area contributed by atoms with Gasteiger partial charge in [-0.3, -0.25) is 0 Å². The molecule has 0 aliphatic heterocycles. The van der Waals surface area contributed by atoms with Gasteiger partial charge in [-0.15, -0.1) is 10.2 Å². The maximum atomic E-state index is 5.78. The van der Waals surface area contributed by atoms with Crippen molar-refractivity contribution in [1.82, 2.24) is 29.4 Å². The maximum absolute atomic E-state index is 5.78. The highest BCUT2D eigenvalue weighted by Gasteiger charge is 2.10. The van der Waals surface area contributed by atoms with Gasteiger partial charge in [0.2, 0.25) is 5.95 Å². The van der Waals surface area contributed by atoms with E-state index in [0.29, 0.717) is 17.5 Å². The van der Waals surface area contributed by atoms with Crippen LogP contribution in [0, 0.1) is 6.92 Å². The molecule has 2 N–H and O–H groups in total. The highest BCUT2D eigenvalue weighted by molar-refractivity contribution is 5.46. The van der Waals surface area contributed by atoms with E-state index < -0.39 is 0 Å². The lowest BCUT2D eigenvalue weighted by Gasteiger charge is -2.00. The molecular formula is C9H9N7. The summed E-state index contributed by atoms with van der Waals surface area (Å²) >= 11 is 0. The summed E-state index contributed by atoms with van der Waals surface area (Å²) in [6.45, 7) is 1.95. The SMILES string of the molecule is Cc1cnn(-c2nnc3ccnc(N)n23)c1. The van der Waals surface area contributed by atoms with Crippen molar-refractivity contribution in [3.8, 4) is 5.95 Å². The Labute approximate surface area is 90.5 Å². The van der Waals surface area contributed by atoms with Crippen molar-refractivity contribution in [3.05, 3.63) is 30.2 Å². The van der Waals surface area contributed by atoms with E-state index in [-0.39, 0.29) is 0 Å². The van der Waals surface area contributed by atoms with E-state index in [1.165, 1.54) is 0 Å². The summed E-state index contributed by atoms with van der Waals surface area (Å²) in [7, 11) is 0. The molecule has 7 heteroatoms. The lowest BCUT2D eigenvalue weighted by Crippen LogP contribution is -2.06. The zero-order chi connectivity index (χ0) is 11.1. The summed E-state index contributed by atoms with van der Waals surface area (Å²) in [6.07, 6.45) is 5.19. The normalized spacial score (nSPS) is 11.1. The van der Waals surface area contributed by atoms with Gasteiger partial charge in [0, 0.05) is 18.5 Å². The fourth-order valence-corrected chi connectivity index (χ4v) is 1.52. The molecule has 80 valence electrons. The molecule has 7 nitrogen and oxygen atoms in total. The second-order valence-corrected chi connectivity index (χ2v) is 3.46. The standard InChI is InChI=1S/C9H9N7/c1-6-4-12-15(5-6)9-14-13-7-2-3-11-8(10)16(7)9/h2-5H,1H3,(H2,10,11). The van der Waals surface area contributed by atoms with E-state index in [1.807, 2.05) is 13.1 Å². The molecule has 0 radical (unpaired) electrons. The van der Waals surface area contributed by atoms with E-state index >= 15 is 0 Å². The summed E-state index contributed by atoms with van der Waals surface area (Å²) in [4.78, 5) is 3.99. The summed E-state index contributed by atoms with van der Waals surface area (Å²) in [5.41, 5.74) is 7.47. The molecule has 0 spiro atoms. The Morgan fingerprint density at radius 1 is 1.31 bits per heavy atom. The first kappa shape index (κ1) is 8.84. The van der Waals surface area contributed by atoms with Crippen molar-refractivity contribution in [2.24, 2.45) is 0 Å². The first-order valence-corrected chi connectivity index (χ1v) is 4.73. The molecule has 0 aliphatic rings. The lowest BCUT2D eigenvalue weighted by molar-refractivity contribution is 0.794. The predicted molar refractivity (Wildman–Crippen MR) is 57.1 cm³/mol. The molecular weight excluding hydrogens is 206 g/mol. The topological polar surface area (TPSA) is 86.9 Å². The van der Waals surface area contributed by atoms with Crippen LogP contribution in [-0.2, 0) is 0 Å². The highest BCUT2D eigenvalue weighted by Crippen LogP contribution is 2.11. The summed E-state index contributed by atoms with van der Waals surface area (Å²) < 4.78 is 3.26. The number of nitrogen functional groups attached to an aromatic ring is 1. The molecule has 3 aromatic rings. The minimum absolute atomic E-state index is 0.339. The van der Waals surface area contributed by atoms with Gasteiger partial charge in [0.15, 0.2) is 5.65 Å². The van der Waals surface area contributed by atoms with Gasteiger partial charge >= 0.3 is 0 Å². The number of nitrogens with two attached hydrogens (primary N) is 1. The third-order valence-corrected chi connectivity index (χ3v) is 2.25. The average Bonchev–Trinajstić information content (AvgIpc) is 2.84. The number of aromatic nitrogens is 6. The molecule has 0 bridgehead atoms. The molecule has 16 heavy (non-hydrogen) atoms. The minimum Gasteiger partial charge on any atom is -0.369 e. The summed E-state index contributed by atoms with van der Waals surface area (Å²) in [5.74, 6) is 0.874. The number of anilines is 1. The Morgan fingerprint density at radius 2 is 2.19 bits per heavy atom. The first-order valence-electron chi connectivity index (χ1n) is 4.73. The van der Waals surface area contributed by atoms with Crippen molar-refractivity contribution < 1.29 is 0 Å². The third kappa shape index (κ3) is 1.14. The largest absolute Gasteiger partial charge is 0.369 e. The molecule has 0 saturated heterocycles. The molecule has 0 aliphatic carbocycles. The smallest absolute Gasteiger partial charge is 0.259 e. The van der Waals surface area contributed by atoms with Crippen LogP contribution in [0.1, 0.15) is 5.56 Å². The predicted octanol–water partition coefficient (Wildman–Crippen LogP) is 0.201. The van der Waals surface area contributed by atoms with Crippen LogP contribution in [0.25, 0.3) is 11.6 Å². The van der Waals surface area contributed by atoms with Crippen LogP contribution < -0.4 is 5.73 Å². The monoisotopic (exact) mass is 215 g/mol. The minimum atomic E-state index is 0.339. The van der Waals surface area contributed by atoms with Gasteiger partial charge < -0.3 is 5.73 Å². The van der Waals surface area contributed by atoms with Gasteiger partial charge in [0.1, 0.15) is 0 Å². The van der Waals surface area contributed by atoms with E-state index in [1.54, 1.807) is 27.5 Å². The van der Waals surface area contributed by atoms with Crippen LogP contribution in [0.2, 0.25) is 0 Å². The highest BCUT2D eigenvalue weighted by atomic mass is 15.4. The lowest BCUT2D eigenvalue weighted by atomic mass is 10.4. The van der Waals surface area contributed by atoms with Gasteiger partial charge in [-0.25, -0.2) is 14.1 Å². The molecule has 0 unspecified atom stereocenters. The van der Waals surface area contributed by atoms with Crippen LogP contribution in [-0.4, -0.2) is 29.4 Å². The Balaban J connectivity index is 2.32. The Morgan fingerprint density at radius 3 is 2.94 bits per heavy atom. The van der Waals surface area contributed by atoms with Crippen molar-refractivity contribution in [2.45, 2.75) is 6.92 Å². The molecule has 0 amide bonds. The Hall–Kier alpha value is -2.44. The van der Waals surface area contributed by atoms with Crippen LogP contribution in [0.4, 0.5) is 5.95 Å².